The molecule has 6 nitrogen and oxygen atoms in total. The van der Waals surface area contributed by atoms with Gasteiger partial charge in [-0.1, -0.05) is 26.0 Å². The highest BCUT2D eigenvalue weighted by molar-refractivity contribution is 5.96. The zero-order valence-electron chi connectivity index (χ0n) is 12.1. The molecular weight excluding hydrogens is 270 g/mol. The highest BCUT2D eigenvalue weighted by Gasteiger charge is 2.17. The van der Waals surface area contributed by atoms with Gasteiger partial charge in [-0.3, -0.25) is 10.1 Å². The molecule has 0 aliphatic rings. The molecule has 0 aliphatic carbocycles. The summed E-state index contributed by atoms with van der Waals surface area (Å²) in [5, 5.41) is 24.3. The third-order valence-corrected chi connectivity index (χ3v) is 3.53. The minimum atomic E-state index is -0.424. The maximum atomic E-state index is 11.1. The van der Waals surface area contributed by atoms with Gasteiger partial charge < -0.3 is 10.4 Å². The first-order valence-electron chi connectivity index (χ1n) is 6.94. The van der Waals surface area contributed by atoms with Crippen molar-refractivity contribution < 1.29 is 10.0 Å². The number of non-ortho nitro benzene ring substituents is 1. The highest BCUT2D eigenvalue weighted by Crippen LogP contribution is 2.29. The molecule has 2 N–H and O–H groups in total. The van der Waals surface area contributed by atoms with Crippen molar-refractivity contribution in [3.8, 4) is 0 Å². The number of nitrogens with zero attached hydrogens (tertiary/aromatic N) is 2. The molecule has 1 aromatic carbocycles. The van der Waals surface area contributed by atoms with Crippen molar-refractivity contribution in [1.29, 1.82) is 0 Å². The quantitative estimate of drug-likeness (QED) is 0.630. The zero-order valence-corrected chi connectivity index (χ0v) is 12.1. The number of aliphatic hydroxyl groups is 1. The summed E-state index contributed by atoms with van der Waals surface area (Å²) in [6.45, 7) is 4.23. The Hall–Kier alpha value is -2.21. The molecule has 0 radical (unpaired) electrons. The van der Waals surface area contributed by atoms with Crippen LogP contribution in [0.25, 0.3) is 10.9 Å². The number of pyridine rings is 1. The van der Waals surface area contributed by atoms with Gasteiger partial charge in [0.2, 0.25) is 0 Å². The Labute approximate surface area is 123 Å². The monoisotopic (exact) mass is 289 g/mol. The van der Waals surface area contributed by atoms with Crippen LogP contribution in [0.1, 0.15) is 20.3 Å². The van der Waals surface area contributed by atoms with Crippen LogP contribution in [0.4, 0.5) is 11.4 Å². The lowest BCUT2D eigenvalue weighted by molar-refractivity contribution is -0.383. The zero-order chi connectivity index (χ0) is 15.4. The van der Waals surface area contributed by atoms with Crippen LogP contribution in [0, 0.1) is 16.0 Å². The second-order valence-electron chi connectivity index (χ2n) is 5.30. The molecule has 21 heavy (non-hydrogen) atoms. The fourth-order valence-corrected chi connectivity index (χ4v) is 2.34. The Kier molecular flexibility index (Phi) is 4.70. The molecule has 0 saturated carbocycles. The number of para-hydroxylation sites is 1. The first-order valence-corrected chi connectivity index (χ1v) is 6.94. The van der Waals surface area contributed by atoms with E-state index in [4.69, 9.17) is 5.11 Å². The predicted octanol–water partition coefficient (Wildman–Crippen LogP) is 2.96. The minimum Gasteiger partial charge on any atom is -0.396 e. The SMILES string of the molecule is CC(C)C(CCO)Nc1ccnc2c([N+](=O)[O-])cccc12. The fourth-order valence-electron chi connectivity index (χ4n) is 2.34. The maximum Gasteiger partial charge on any atom is 0.295 e. The normalized spacial score (nSPS) is 12.6. The number of fused-ring (bicyclic) bond motifs is 1. The third kappa shape index (κ3) is 3.28. The van der Waals surface area contributed by atoms with E-state index in [2.05, 4.69) is 24.1 Å². The smallest absolute Gasteiger partial charge is 0.295 e. The van der Waals surface area contributed by atoms with E-state index < -0.39 is 4.92 Å². The molecule has 1 aromatic heterocycles. The van der Waals surface area contributed by atoms with Crippen LogP contribution in [0.15, 0.2) is 30.5 Å². The topological polar surface area (TPSA) is 88.3 Å². The Morgan fingerprint density at radius 3 is 2.76 bits per heavy atom. The molecule has 1 heterocycles. The van der Waals surface area contributed by atoms with Gasteiger partial charge >= 0.3 is 0 Å². The summed E-state index contributed by atoms with van der Waals surface area (Å²) in [4.78, 5) is 14.8. The maximum absolute atomic E-state index is 11.1. The van der Waals surface area contributed by atoms with Gasteiger partial charge in [-0.25, -0.2) is 4.98 Å². The summed E-state index contributed by atoms with van der Waals surface area (Å²) in [5.74, 6) is 0.332. The molecule has 0 bridgehead atoms. The number of benzene rings is 1. The number of nitro groups is 1. The van der Waals surface area contributed by atoms with Crippen LogP contribution >= 0.6 is 0 Å². The molecule has 6 heteroatoms. The van der Waals surface area contributed by atoms with Crippen LogP contribution in [-0.4, -0.2) is 27.7 Å². The van der Waals surface area contributed by atoms with Gasteiger partial charge in [-0.05, 0) is 18.4 Å². The van der Waals surface area contributed by atoms with Crippen molar-refractivity contribution in [2.75, 3.05) is 11.9 Å². The van der Waals surface area contributed by atoms with Crippen LogP contribution in [-0.2, 0) is 0 Å². The van der Waals surface area contributed by atoms with E-state index in [9.17, 15) is 10.1 Å². The largest absolute Gasteiger partial charge is 0.396 e. The number of hydrogen-bond donors (Lipinski definition) is 2. The van der Waals surface area contributed by atoms with Crippen molar-refractivity contribution in [2.45, 2.75) is 26.3 Å². The summed E-state index contributed by atoms with van der Waals surface area (Å²) in [7, 11) is 0. The summed E-state index contributed by atoms with van der Waals surface area (Å²) < 4.78 is 0. The van der Waals surface area contributed by atoms with Crippen LogP contribution in [0.3, 0.4) is 0 Å². The number of anilines is 1. The average molecular weight is 289 g/mol. The van der Waals surface area contributed by atoms with Gasteiger partial charge in [-0.2, -0.15) is 0 Å². The van der Waals surface area contributed by atoms with Gasteiger partial charge in [0, 0.05) is 36.0 Å². The molecule has 0 aliphatic heterocycles. The number of nitrogens with one attached hydrogen (secondary N) is 1. The molecule has 2 rings (SSSR count). The Morgan fingerprint density at radius 1 is 1.38 bits per heavy atom. The molecular formula is C15H19N3O3. The van der Waals surface area contributed by atoms with E-state index >= 15 is 0 Å². The third-order valence-electron chi connectivity index (χ3n) is 3.53. The predicted molar refractivity (Wildman–Crippen MR) is 82.3 cm³/mol. The number of aromatic nitrogens is 1. The van der Waals surface area contributed by atoms with E-state index in [1.807, 2.05) is 6.07 Å². The lowest BCUT2D eigenvalue weighted by Crippen LogP contribution is -2.26. The van der Waals surface area contributed by atoms with Crippen molar-refractivity contribution in [1.82, 2.24) is 4.98 Å². The number of rotatable bonds is 6. The van der Waals surface area contributed by atoms with Gasteiger partial charge in [0.1, 0.15) is 5.52 Å². The summed E-state index contributed by atoms with van der Waals surface area (Å²) in [6.07, 6.45) is 2.18. The Bertz CT molecular complexity index is 643. The lowest BCUT2D eigenvalue weighted by Gasteiger charge is -2.23. The van der Waals surface area contributed by atoms with E-state index in [0.29, 0.717) is 17.9 Å². The summed E-state index contributed by atoms with van der Waals surface area (Å²) in [6, 6.07) is 6.82. The van der Waals surface area contributed by atoms with Crippen LogP contribution in [0.5, 0.6) is 0 Å². The molecule has 0 saturated heterocycles. The molecule has 2 aromatic rings. The van der Waals surface area contributed by atoms with Gasteiger partial charge in [0.25, 0.3) is 5.69 Å². The lowest BCUT2D eigenvalue weighted by atomic mass is 10.0. The summed E-state index contributed by atoms with van der Waals surface area (Å²) in [5.41, 5.74) is 1.18. The van der Waals surface area contributed by atoms with Crippen LogP contribution in [0.2, 0.25) is 0 Å². The van der Waals surface area contributed by atoms with Crippen molar-refractivity contribution in [3.63, 3.8) is 0 Å². The minimum absolute atomic E-state index is 0.000551. The summed E-state index contributed by atoms with van der Waals surface area (Å²) >= 11 is 0. The number of nitro benzene ring substituents is 1. The molecule has 0 spiro atoms. The second-order valence-corrected chi connectivity index (χ2v) is 5.30. The Balaban J connectivity index is 2.45. The molecule has 1 unspecified atom stereocenters. The standard InChI is InChI=1S/C15H19N3O3/c1-10(2)12(7-9-19)17-13-6-8-16-15-11(13)4-3-5-14(15)18(20)21/h3-6,8,10,12,19H,7,9H2,1-2H3,(H,16,17). The molecule has 1 atom stereocenters. The van der Waals surface area contributed by atoms with Crippen molar-refractivity contribution in [3.05, 3.63) is 40.6 Å². The fraction of sp³-hybridized carbons (Fsp3) is 0.400. The van der Waals surface area contributed by atoms with Crippen molar-refractivity contribution >= 4 is 22.3 Å². The molecule has 0 amide bonds. The van der Waals surface area contributed by atoms with Crippen LogP contribution < -0.4 is 5.32 Å². The first kappa shape index (κ1) is 15.2. The Morgan fingerprint density at radius 2 is 2.14 bits per heavy atom. The van der Waals surface area contributed by atoms with E-state index in [0.717, 1.165) is 11.1 Å². The van der Waals surface area contributed by atoms with Gasteiger partial charge in [0.05, 0.1) is 4.92 Å². The molecule has 0 fully saturated rings. The van der Waals surface area contributed by atoms with Crippen molar-refractivity contribution in [2.24, 2.45) is 5.92 Å². The number of hydrogen-bond acceptors (Lipinski definition) is 5. The average Bonchev–Trinajstić information content (AvgIpc) is 2.46. The van der Waals surface area contributed by atoms with Gasteiger partial charge in [0.15, 0.2) is 0 Å². The van der Waals surface area contributed by atoms with E-state index in [1.54, 1.807) is 18.3 Å². The van der Waals surface area contributed by atoms with E-state index in [-0.39, 0.29) is 18.3 Å². The first-order chi connectivity index (χ1) is 10.0. The highest BCUT2D eigenvalue weighted by atomic mass is 16.6. The second kappa shape index (κ2) is 6.49. The molecule has 112 valence electrons. The number of aliphatic hydroxyl groups excluding tert-OH is 1. The van der Waals surface area contributed by atoms with E-state index in [1.165, 1.54) is 6.07 Å². The van der Waals surface area contributed by atoms with Gasteiger partial charge in [-0.15, -0.1) is 0 Å².